The Morgan fingerprint density at radius 2 is 1.87 bits per heavy atom. The lowest BCUT2D eigenvalue weighted by Gasteiger charge is -1.99. The molecule has 1 aromatic carbocycles. The van der Waals surface area contributed by atoms with Crippen molar-refractivity contribution in [2.24, 2.45) is 0 Å². The van der Waals surface area contributed by atoms with Crippen LogP contribution in [0, 0.1) is 0 Å². The van der Waals surface area contributed by atoms with E-state index in [1.165, 1.54) is 17.1 Å². The SMILES string of the molecule is Nc1nsc(-c2ccc(C3C=C3)cc2)n1. The minimum absolute atomic E-state index is 0.350. The molecule has 0 atom stereocenters. The zero-order valence-corrected chi connectivity index (χ0v) is 8.74. The molecule has 0 bridgehead atoms. The van der Waals surface area contributed by atoms with Crippen molar-refractivity contribution in [1.29, 1.82) is 0 Å². The van der Waals surface area contributed by atoms with Crippen molar-refractivity contribution >= 4 is 17.5 Å². The molecule has 0 radical (unpaired) electrons. The monoisotopic (exact) mass is 215 g/mol. The van der Waals surface area contributed by atoms with Gasteiger partial charge in [0.25, 0.3) is 0 Å². The molecule has 0 aliphatic heterocycles. The molecule has 0 unspecified atom stereocenters. The summed E-state index contributed by atoms with van der Waals surface area (Å²) >= 11 is 1.33. The van der Waals surface area contributed by atoms with Gasteiger partial charge >= 0.3 is 0 Å². The molecule has 0 saturated heterocycles. The number of hydrogen-bond acceptors (Lipinski definition) is 4. The maximum atomic E-state index is 5.48. The van der Waals surface area contributed by atoms with Crippen molar-refractivity contribution in [2.45, 2.75) is 5.92 Å². The molecule has 1 aromatic heterocycles. The van der Waals surface area contributed by atoms with Gasteiger partial charge in [-0.1, -0.05) is 36.4 Å². The largest absolute Gasteiger partial charge is 0.367 e. The number of anilines is 1. The number of nitrogen functional groups attached to an aromatic ring is 1. The lowest BCUT2D eigenvalue weighted by molar-refractivity contribution is 1.23. The molecular weight excluding hydrogens is 206 g/mol. The Hall–Kier alpha value is -1.68. The van der Waals surface area contributed by atoms with Crippen molar-refractivity contribution < 1.29 is 0 Å². The van der Waals surface area contributed by atoms with Crippen LogP contribution >= 0.6 is 11.5 Å². The van der Waals surface area contributed by atoms with Gasteiger partial charge in [0.2, 0.25) is 5.95 Å². The summed E-state index contributed by atoms with van der Waals surface area (Å²) < 4.78 is 3.96. The predicted octanol–water partition coefficient (Wildman–Crippen LogP) is 2.44. The average Bonchev–Trinajstić information content (AvgIpc) is 3.02. The van der Waals surface area contributed by atoms with Gasteiger partial charge in [-0.15, -0.1) is 0 Å². The standard InChI is InChI=1S/C11H9N3S/c12-11-13-10(15-14-11)9-5-3-8(4-6-9)7-1-2-7/h1-7H,(H2,12,14). The van der Waals surface area contributed by atoms with E-state index in [0.717, 1.165) is 10.6 Å². The summed E-state index contributed by atoms with van der Waals surface area (Å²) in [4.78, 5) is 4.14. The quantitative estimate of drug-likeness (QED) is 0.783. The third-order valence-electron chi connectivity index (χ3n) is 2.37. The van der Waals surface area contributed by atoms with Crippen molar-refractivity contribution in [2.75, 3.05) is 5.73 Å². The van der Waals surface area contributed by atoms with Gasteiger partial charge in [-0.3, -0.25) is 0 Å². The first-order valence-corrected chi connectivity index (χ1v) is 5.48. The van der Waals surface area contributed by atoms with Crippen molar-refractivity contribution in [3.63, 3.8) is 0 Å². The summed E-state index contributed by atoms with van der Waals surface area (Å²) in [5.74, 6) is 0.904. The van der Waals surface area contributed by atoms with E-state index in [9.17, 15) is 0 Å². The second-order valence-electron chi connectivity index (χ2n) is 3.49. The van der Waals surface area contributed by atoms with Gasteiger partial charge in [-0.05, 0) is 17.1 Å². The highest BCUT2D eigenvalue weighted by atomic mass is 32.1. The third-order valence-corrected chi connectivity index (χ3v) is 3.15. The van der Waals surface area contributed by atoms with Crippen molar-refractivity contribution in [3.8, 4) is 10.6 Å². The molecule has 74 valence electrons. The highest BCUT2D eigenvalue weighted by molar-refractivity contribution is 7.09. The summed E-state index contributed by atoms with van der Waals surface area (Å²) in [5, 5.41) is 0.878. The molecule has 3 rings (SSSR count). The molecule has 15 heavy (non-hydrogen) atoms. The van der Waals surface area contributed by atoms with Gasteiger partial charge in [-0.25, -0.2) is 0 Å². The Bertz CT molecular complexity index is 507. The number of nitrogens with zero attached hydrogens (tertiary/aromatic N) is 2. The normalized spacial score (nSPS) is 14.4. The van der Waals surface area contributed by atoms with Crippen LogP contribution in [-0.2, 0) is 0 Å². The van der Waals surface area contributed by atoms with E-state index < -0.39 is 0 Å². The fourth-order valence-corrected chi connectivity index (χ4v) is 2.07. The second-order valence-corrected chi connectivity index (χ2v) is 4.24. The molecule has 4 heteroatoms. The Balaban J connectivity index is 1.92. The molecule has 0 amide bonds. The summed E-state index contributed by atoms with van der Waals surface area (Å²) in [5.41, 5.74) is 7.89. The van der Waals surface area contributed by atoms with Crippen molar-refractivity contribution in [1.82, 2.24) is 9.36 Å². The topological polar surface area (TPSA) is 51.8 Å². The van der Waals surface area contributed by atoms with Crippen LogP contribution in [0.15, 0.2) is 36.4 Å². The summed E-state index contributed by atoms with van der Waals surface area (Å²) in [6.07, 6.45) is 4.36. The van der Waals surface area contributed by atoms with Crippen LogP contribution < -0.4 is 5.73 Å². The molecule has 2 N–H and O–H groups in total. The van der Waals surface area contributed by atoms with Gasteiger partial charge in [0.1, 0.15) is 5.01 Å². The summed E-state index contributed by atoms with van der Waals surface area (Å²) in [7, 11) is 0. The molecular formula is C11H9N3S. The highest BCUT2D eigenvalue weighted by Crippen LogP contribution is 2.31. The smallest absolute Gasteiger partial charge is 0.232 e. The van der Waals surface area contributed by atoms with Crippen LogP contribution in [0.1, 0.15) is 11.5 Å². The zero-order chi connectivity index (χ0) is 10.3. The summed E-state index contributed by atoms with van der Waals surface area (Å²) in [6.45, 7) is 0. The lowest BCUT2D eigenvalue weighted by Crippen LogP contribution is -1.86. The average molecular weight is 215 g/mol. The first-order chi connectivity index (χ1) is 7.33. The number of benzene rings is 1. The Kier molecular flexibility index (Phi) is 1.82. The van der Waals surface area contributed by atoms with Gasteiger partial charge in [0.15, 0.2) is 0 Å². The Labute approximate surface area is 91.4 Å². The summed E-state index contributed by atoms with van der Waals surface area (Å²) in [6, 6.07) is 8.37. The lowest BCUT2D eigenvalue weighted by atomic mass is 10.1. The molecule has 2 aromatic rings. The highest BCUT2D eigenvalue weighted by Gasteiger charge is 2.13. The van der Waals surface area contributed by atoms with Gasteiger partial charge < -0.3 is 5.73 Å². The molecule has 1 aliphatic rings. The maximum absolute atomic E-state index is 5.48. The van der Waals surface area contributed by atoms with E-state index in [1.54, 1.807) is 0 Å². The number of aromatic nitrogens is 2. The van der Waals surface area contributed by atoms with Gasteiger partial charge in [-0.2, -0.15) is 9.36 Å². The number of hydrogen-bond donors (Lipinski definition) is 1. The third kappa shape index (κ3) is 1.64. The van der Waals surface area contributed by atoms with Gasteiger partial charge in [0, 0.05) is 11.5 Å². The molecule has 1 heterocycles. The van der Waals surface area contributed by atoms with Crippen LogP contribution in [0.25, 0.3) is 10.6 Å². The molecule has 0 fully saturated rings. The fourth-order valence-electron chi connectivity index (χ4n) is 1.48. The minimum atomic E-state index is 0.350. The van der Waals surface area contributed by atoms with Crippen LogP contribution in [0.5, 0.6) is 0 Å². The van der Waals surface area contributed by atoms with E-state index in [4.69, 9.17) is 5.73 Å². The first kappa shape index (κ1) is 8.61. The van der Waals surface area contributed by atoms with Crippen molar-refractivity contribution in [3.05, 3.63) is 42.0 Å². The zero-order valence-electron chi connectivity index (χ0n) is 7.92. The van der Waals surface area contributed by atoms with Crippen LogP contribution in [0.4, 0.5) is 5.95 Å². The fraction of sp³-hybridized carbons (Fsp3) is 0.0909. The predicted molar refractivity (Wildman–Crippen MR) is 61.6 cm³/mol. The molecule has 3 nitrogen and oxygen atoms in total. The molecule has 0 saturated carbocycles. The van der Waals surface area contributed by atoms with E-state index in [-0.39, 0.29) is 0 Å². The molecule has 1 aliphatic carbocycles. The van der Waals surface area contributed by atoms with Crippen LogP contribution in [-0.4, -0.2) is 9.36 Å². The van der Waals surface area contributed by atoms with Gasteiger partial charge in [0.05, 0.1) is 0 Å². The van der Waals surface area contributed by atoms with Crippen LogP contribution in [0.3, 0.4) is 0 Å². The number of allylic oxidation sites excluding steroid dienone is 2. The Morgan fingerprint density at radius 3 is 2.40 bits per heavy atom. The number of rotatable bonds is 2. The van der Waals surface area contributed by atoms with E-state index >= 15 is 0 Å². The maximum Gasteiger partial charge on any atom is 0.232 e. The van der Waals surface area contributed by atoms with E-state index in [0.29, 0.717) is 11.9 Å². The first-order valence-electron chi connectivity index (χ1n) is 4.71. The van der Waals surface area contributed by atoms with E-state index in [1.807, 2.05) is 0 Å². The second kappa shape index (κ2) is 3.17. The minimum Gasteiger partial charge on any atom is -0.367 e. The number of nitrogens with two attached hydrogens (primary N) is 1. The Morgan fingerprint density at radius 1 is 1.13 bits per heavy atom. The van der Waals surface area contributed by atoms with Crippen LogP contribution in [0.2, 0.25) is 0 Å². The molecule has 0 spiro atoms. The van der Waals surface area contributed by atoms with E-state index in [2.05, 4.69) is 45.8 Å².